The minimum absolute atomic E-state index is 0.757. The molecular weight excluding hydrogens is 388 g/mol. The number of para-hydroxylation sites is 2. The lowest BCUT2D eigenvalue weighted by Crippen LogP contribution is -1.96. The molecule has 0 aliphatic rings. The van der Waals surface area contributed by atoms with Crippen LogP contribution in [0.25, 0.3) is 54.6 Å². The molecule has 0 aromatic heterocycles. The number of hydrogen-bond donors (Lipinski definition) is 2. The van der Waals surface area contributed by atoms with Crippen LogP contribution in [0.3, 0.4) is 0 Å². The van der Waals surface area contributed by atoms with Crippen molar-refractivity contribution in [3.05, 3.63) is 109 Å². The molecule has 0 unspecified atom stereocenters. The minimum Gasteiger partial charge on any atom is -0.398 e. The van der Waals surface area contributed by atoms with Crippen LogP contribution in [0, 0.1) is 0 Å². The highest BCUT2D eigenvalue weighted by Gasteiger charge is 2.19. The van der Waals surface area contributed by atoms with E-state index in [1.807, 2.05) is 36.4 Å². The molecule has 6 aromatic rings. The average molecular weight is 411 g/mol. The van der Waals surface area contributed by atoms with Gasteiger partial charge in [0.2, 0.25) is 0 Å². The summed E-state index contributed by atoms with van der Waals surface area (Å²) >= 11 is 0. The van der Waals surface area contributed by atoms with Crippen LogP contribution in [-0.4, -0.2) is 0 Å². The first-order chi connectivity index (χ1) is 15.7. The number of hydrogen-bond acceptors (Lipinski definition) is 2. The van der Waals surface area contributed by atoms with Crippen molar-refractivity contribution in [3.63, 3.8) is 0 Å². The van der Waals surface area contributed by atoms with Crippen LogP contribution in [0.4, 0.5) is 11.4 Å². The summed E-state index contributed by atoms with van der Waals surface area (Å²) in [5.41, 5.74) is 18.8. The Labute approximate surface area is 186 Å². The van der Waals surface area contributed by atoms with E-state index >= 15 is 0 Å². The quantitative estimate of drug-likeness (QED) is 0.227. The van der Waals surface area contributed by atoms with Crippen LogP contribution in [0.1, 0.15) is 0 Å². The number of benzene rings is 6. The Bertz CT molecular complexity index is 1610. The Morgan fingerprint density at radius 1 is 0.344 bits per heavy atom. The molecule has 0 spiro atoms. The predicted molar refractivity (Wildman–Crippen MR) is 139 cm³/mol. The molecule has 2 nitrogen and oxygen atoms in total. The van der Waals surface area contributed by atoms with Gasteiger partial charge in [0.05, 0.1) is 0 Å². The van der Waals surface area contributed by atoms with Gasteiger partial charge in [-0.05, 0) is 50.0 Å². The molecule has 6 rings (SSSR count). The van der Waals surface area contributed by atoms with Gasteiger partial charge in [-0.1, -0.05) is 97.1 Å². The maximum absolute atomic E-state index is 6.55. The first-order valence-electron chi connectivity index (χ1n) is 10.8. The van der Waals surface area contributed by atoms with Gasteiger partial charge in [-0.15, -0.1) is 0 Å². The predicted octanol–water partition coefficient (Wildman–Crippen LogP) is 7.64. The molecule has 0 bridgehead atoms. The van der Waals surface area contributed by atoms with Gasteiger partial charge in [0, 0.05) is 28.1 Å². The van der Waals surface area contributed by atoms with Crippen LogP contribution in [0.2, 0.25) is 0 Å². The van der Waals surface area contributed by atoms with Crippen molar-refractivity contribution >= 4 is 43.7 Å². The van der Waals surface area contributed by atoms with E-state index in [9.17, 15) is 0 Å². The summed E-state index contributed by atoms with van der Waals surface area (Å²) in [5.74, 6) is 0. The van der Waals surface area contributed by atoms with Crippen LogP contribution in [0.5, 0.6) is 0 Å². The third kappa shape index (κ3) is 2.67. The van der Waals surface area contributed by atoms with Crippen molar-refractivity contribution in [2.24, 2.45) is 0 Å². The fourth-order valence-electron chi connectivity index (χ4n) is 4.97. The molecule has 2 heteroatoms. The number of anilines is 2. The highest BCUT2D eigenvalue weighted by Crippen LogP contribution is 2.46. The van der Waals surface area contributed by atoms with Crippen LogP contribution >= 0.6 is 0 Å². The molecule has 0 radical (unpaired) electrons. The number of nitrogens with two attached hydrogens (primary N) is 2. The van der Waals surface area contributed by atoms with Gasteiger partial charge < -0.3 is 11.5 Å². The Kier molecular flexibility index (Phi) is 4.12. The molecule has 32 heavy (non-hydrogen) atoms. The van der Waals surface area contributed by atoms with Crippen LogP contribution in [-0.2, 0) is 0 Å². The fraction of sp³-hybridized carbons (Fsp3) is 0. The normalized spacial score (nSPS) is 11.4. The molecule has 0 saturated carbocycles. The molecule has 0 aliphatic carbocycles. The third-order valence-corrected chi connectivity index (χ3v) is 6.39. The van der Waals surface area contributed by atoms with Crippen molar-refractivity contribution in [1.82, 2.24) is 0 Å². The number of rotatable bonds is 2. The van der Waals surface area contributed by atoms with E-state index in [2.05, 4.69) is 72.8 Å². The van der Waals surface area contributed by atoms with Crippen molar-refractivity contribution in [2.45, 2.75) is 0 Å². The zero-order chi connectivity index (χ0) is 21.7. The second kappa shape index (κ2) is 7.14. The van der Waals surface area contributed by atoms with Gasteiger partial charge in [0.1, 0.15) is 0 Å². The second-order valence-corrected chi connectivity index (χ2v) is 8.18. The molecule has 0 atom stereocenters. The molecule has 0 amide bonds. The van der Waals surface area contributed by atoms with E-state index in [1.54, 1.807) is 0 Å². The minimum atomic E-state index is 0.757. The molecule has 0 aliphatic heterocycles. The van der Waals surface area contributed by atoms with Gasteiger partial charge in [-0.3, -0.25) is 0 Å². The maximum atomic E-state index is 6.55. The smallest absolute Gasteiger partial charge is 0.0394 e. The highest BCUT2D eigenvalue weighted by atomic mass is 14.6. The maximum Gasteiger partial charge on any atom is 0.0394 e. The fourth-order valence-corrected chi connectivity index (χ4v) is 4.97. The molecule has 0 heterocycles. The molecule has 6 aromatic carbocycles. The van der Waals surface area contributed by atoms with Crippen molar-refractivity contribution in [1.29, 1.82) is 0 Å². The molecule has 0 fully saturated rings. The van der Waals surface area contributed by atoms with E-state index in [4.69, 9.17) is 11.5 Å². The molecule has 4 N–H and O–H groups in total. The number of fused-ring (bicyclic) bond motifs is 6. The van der Waals surface area contributed by atoms with Crippen molar-refractivity contribution in [3.8, 4) is 22.3 Å². The summed E-state index contributed by atoms with van der Waals surface area (Å²) in [6, 6.07) is 37.8. The Morgan fingerprint density at radius 2 is 0.781 bits per heavy atom. The summed E-state index contributed by atoms with van der Waals surface area (Å²) in [6.07, 6.45) is 0. The Balaban J connectivity index is 1.92. The van der Waals surface area contributed by atoms with E-state index in [0.29, 0.717) is 0 Å². The summed E-state index contributed by atoms with van der Waals surface area (Å²) in [4.78, 5) is 0. The zero-order valence-corrected chi connectivity index (χ0v) is 17.5. The monoisotopic (exact) mass is 410 g/mol. The average Bonchev–Trinajstić information content (AvgIpc) is 2.84. The lowest BCUT2D eigenvalue weighted by Gasteiger charge is -2.20. The Morgan fingerprint density at radius 3 is 1.38 bits per heavy atom. The van der Waals surface area contributed by atoms with E-state index in [0.717, 1.165) is 33.6 Å². The van der Waals surface area contributed by atoms with E-state index < -0.39 is 0 Å². The van der Waals surface area contributed by atoms with Crippen molar-refractivity contribution < 1.29 is 0 Å². The first kappa shape index (κ1) is 18.5. The third-order valence-electron chi connectivity index (χ3n) is 6.39. The largest absolute Gasteiger partial charge is 0.398 e. The van der Waals surface area contributed by atoms with E-state index in [-0.39, 0.29) is 0 Å². The van der Waals surface area contributed by atoms with Gasteiger partial charge in [-0.25, -0.2) is 0 Å². The summed E-state index contributed by atoms with van der Waals surface area (Å²) in [7, 11) is 0. The van der Waals surface area contributed by atoms with Gasteiger partial charge >= 0.3 is 0 Å². The van der Waals surface area contributed by atoms with Crippen LogP contribution < -0.4 is 11.5 Å². The SMILES string of the molecule is Nc1ccccc1-c1ccc2c3ccccc3c3ccccc3c2c1-c1ccccc1N. The van der Waals surface area contributed by atoms with E-state index in [1.165, 1.54) is 32.3 Å². The standard InChI is InChI=1S/C30H22N2/c31-27-15-7-5-12-22(27)25-18-17-24-21-11-2-1-9-19(21)20-10-3-4-13-23(20)29(24)30(25)26-14-6-8-16-28(26)32/h1-18H,31-32H2. The summed E-state index contributed by atoms with van der Waals surface area (Å²) in [5, 5.41) is 7.38. The Hall–Kier alpha value is -4.30. The second-order valence-electron chi connectivity index (χ2n) is 8.18. The molecular formula is C30H22N2. The summed E-state index contributed by atoms with van der Waals surface area (Å²) in [6.45, 7) is 0. The summed E-state index contributed by atoms with van der Waals surface area (Å²) < 4.78 is 0. The van der Waals surface area contributed by atoms with Crippen molar-refractivity contribution in [2.75, 3.05) is 11.5 Å². The van der Waals surface area contributed by atoms with Gasteiger partial charge in [0.25, 0.3) is 0 Å². The lowest BCUT2D eigenvalue weighted by atomic mass is 9.84. The highest BCUT2D eigenvalue weighted by molar-refractivity contribution is 6.30. The topological polar surface area (TPSA) is 52.0 Å². The van der Waals surface area contributed by atoms with Gasteiger partial charge in [-0.2, -0.15) is 0 Å². The number of nitrogen functional groups attached to an aromatic ring is 2. The lowest BCUT2D eigenvalue weighted by molar-refractivity contribution is 1.60. The van der Waals surface area contributed by atoms with Gasteiger partial charge in [0.15, 0.2) is 0 Å². The first-order valence-corrected chi connectivity index (χ1v) is 10.8. The van der Waals surface area contributed by atoms with Crippen LogP contribution in [0.15, 0.2) is 109 Å². The zero-order valence-electron chi connectivity index (χ0n) is 17.5. The molecule has 152 valence electrons. The molecule has 0 saturated heterocycles.